The molecule has 39 heavy (non-hydrogen) atoms. The monoisotopic (exact) mass is 565 g/mol. The van der Waals surface area contributed by atoms with Gasteiger partial charge in [-0.1, -0.05) is 49.0 Å². The Balaban J connectivity index is 1.18. The highest BCUT2D eigenvalue weighted by Crippen LogP contribution is 2.49. The fourth-order valence-corrected chi connectivity index (χ4v) is 8.20. The summed E-state index contributed by atoms with van der Waals surface area (Å²) in [6, 6.07) is 10.4. The molecule has 3 unspecified atom stereocenters. The summed E-state index contributed by atoms with van der Waals surface area (Å²) in [5, 5.41) is 3.43. The van der Waals surface area contributed by atoms with E-state index in [0.29, 0.717) is 15.1 Å². The average Bonchev–Trinajstić information content (AvgIpc) is 3.74. The van der Waals surface area contributed by atoms with Crippen molar-refractivity contribution < 1.29 is 13.9 Å². The number of methoxy groups -OCH3 is 1. The van der Waals surface area contributed by atoms with Crippen molar-refractivity contribution in [3.63, 3.8) is 0 Å². The number of carbonyl (C=O) groups is 1. The number of aryl methyl sites for hydroxylation is 1. The van der Waals surface area contributed by atoms with Crippen molar-refractivity contribution in [1.29, 1.82) is 0 Å². The van der Waals surface area contributed by atoms with Gasteiger partial charge >= 0.3 is 0 Å². The number of benzene rings is 1. The number of nitrogens with zero attached hydrogens (tertiary/aromatic N) is 2. The number of thiocarbonyl (C=S) groups is 1. The minimum Gasteiger partial charge on any atom is -0.497 e. The lowest BCUT2D eigenvalue weighted by molar-refractivity contribution is -0.124. The maximum absolute atomic E-state index is 13.6. The van der Waals surface area contributed by atoms with E-state index in [9.17, 15) is 4.79 Å². The average molecular weight is 566 g/mol. The van der Waals surface area contributed by atoms with E-state index in [2.05, 4.69) is 16.3 Å². The zero-order valence-corrected chi connectivity index (χ0v) is 24.5. The predicted molar refractivity (Wildman–Crippen MR) is 162 cm³/mol. The van der Waals surface area contributed by atoms with E-state index in [1.165, 1.54) is 50.4 Å². The van der Waals surface area contributed by atoms with Crippen molar-refractivity contribution in [3.8, 4) is 17.1 Å². The first-order chi connectivity index (χ1) is 19.1. The number of rotatable bonds is 10. The lowest BCUT2D eigenvalue weighted by Gasteiger charge is -2.30. The van der Waals surface area contributed by atoms with Crippen LogP contribution in [-0.2, 0) is 11.2 Å². The van der Waals surface area contributed by atoms with Gasteiger partial charge < -0.3 is 19.4 Å². The number of thioether (sulfide) groups is 1. The summed E-state index contributed by atoms with van der Waals surface area (Å²) in [5.41, 5.74) is 2.13. The molecule has 0 spiro atoms. The Morgan fingerprint density at radius 2 is 2.03 bits per heavy atom. The molecule has 1 aromatic heterocycles. The third kappa shape index (κ3) is 5.99. The largest absolute Gasteiger partial charge is 0.497 e. The highest BCUT2D eigenvalue weighted by Gasteiger charge is 2.48. The zero-order chi connectivity index (χ0) is 26.8. The van der Waals surface area contributed by atoms with E-state index >= 15 is 0 Å². The molecular formula is C31H39N3O3S2. The van der Waals surface area contributed by atoms with E-state index in [4.69, 9.17) is 21.4 Å². The van der Waals surface area contributed by atoms with Crippen molar-refractivity contribution in [2.24, 2.45) is 11.8 Å². The number of piperazine rings is 1. The van der Waals surface area contributed by atoms with Crippen molar-refractivity contribution in [3.05, 3.63) is 46.6 Å². The van der Waals surface area contributed by atoms with Crippen molar-refractivity contribution in [1.82, 2.24) is 15.1 Å². The number of furan rings is 1. The Labute approximate surface area is 241 Å². The molecule has 2 saturated carbocycles. The van der Waals surface area contributed by atoms with E-state index in [1.807, 2.05) is 35.2 Å². The fraction of sp³-hybridized carbons (Fsp3) is 0.548. The SMILES string of the molecule is COc1cccc(-c2cc(CCCCCN3CCNCC3)c(/C=C3\SC(=S)N(C4CC5CCC4C5)C3=O)o2)c1. The molecule has 6 nitrogen and oxygen atoms in total. The molecule has 4 fully saturated rings. The third-order valence-corrected chi connectivity index (χ3v) is 10.3. The Hall–Kier alpha value is -2.13. The number of unbranched alkanes of at least 4 members (excludes halogenated alkanes) is 2. The lowest BCUT2D eigenvalue weighted by Crippen LogP contribution is -2.43. The number of nitrogens with one attached hydrogen (secondary N) is 1. The second-order valence-electron chi connectivity index (χ2n) is 11.4. The van der Waals surface area contributed by atoms with Gasteiger partial charge in [0.15, 0.2) is 0 Å². The third-order valence-electron chi connectivity index (χ3n) is 8.94. The van der Waals surface area contributed by atoms with E-state index in [0.717, 1.165) is 79.8 Å². The van der Waals surface area contributed by atoms with Gasteiger partial charge in [-0.15, -0.1) is 0 Å². The molecule has 2 saturated heterocycles. The predicted octanol–water partition coefficient (Wildman–Crippen LogP) is 5.96. The van der Waals surface area contributed by atoms with Gasteiger partial charge in [0, 0.05) is 43.9 Å². The summed E-state index contributed by atoms with van der Waals surface area (Å²) in [7, 11) is 1.68. The molecule has 1 amide bonds. The molecule has 2 aromatic rings. The molecule has 4 aliphatic rings. The molecule has 0 radical (unpaired) electrons. The van der Waals surface area contributed by atoms with Crippen LogP contribution in [0.15, 0.2) is 39.7 Å². The highest BCUT2D eigenvalue weighted by molar-refractivity contribution is 8.26. The van der Waals surface area contributed by atoms with Crippen molar-refractivity contribution >= 4 is 40.3 Å². The zero-order valence-electron chi connectivity index (χ0n) is 22.8. The van der Waals surface area contributed by atoms with Crippen LogP contribution in [-0.4, -0.2) is 65.9 Å². The van der Waals surface area contributed by atoms with E-state index in [-0.39, 0.29) is 11.9 Å². The molecule has 208 valence electrons. The molecule has 6 rings (SSSR count). The van der Waals surface area contributed by atoms with Crippen LogP contribution < -0.4 is 10.1 Å². The first-order valence-corrected chi connectivity index (χ1v) is 15.8. The summed E-state index contributed by atoms with van der Waals surface area (Å²) in [4.78, 5) is 18.8. The molecule has 3 heterocycles. The summed E-state index contributed by atoms with van der Waals surface area (Å²) in [6.07, 6.45) is 11.2. The molecule has 2 aliphatic heterocycles. The van der Waals surface area contributed by atoms with Gasteiger partial charge in [-0.3, -0.25) is 9.69 Å². The maximum Gasteiger partial charge on any atom is 0.266 e. The summed E-state index contributed by atoms with van der Waals surface area (Å²) in [5.74, 6) is 3.82. The smallest absolute Gasteiger partial charge is 0.266 e. The summed E-state index contributed by atoms with van der Waals surface area (Å²) >= 11 is 7.17. The van der Waals surface area contributed by atoms with Crippen LogP contribution in [0.25, 0.3) is 17.4 Å². The first-order valence-electron chi connectivity index (χ1n) is 14.6. The van der Waals surface area contributed by atoms with Crippen LogP contribution in [0.4, 0.5) is 0 Å². The standard InChI is InChI=1S/C31H39N3O3S2/c1-36-25-8-5-7-23(18-25)27-19-24(6-3-2-4-13-33-14-11-32-12-15-33)28(37-27)20-29-30(35)34(31(38)39-29)26-17-21-9-10-22(26)16-21/h5,7-8,18-22,26,32H,2-4,6,9-17H2,1H3/b29-20-. The van der Waals surface area contributed by atoms with Gasteiger partial charge in [0.05, 0.1) is 12.0 Å². The second kappa shape index (κ2) is 12.2. The van der Waals surface area contributed by atoms with E-state index in [1.54, 1.807) is 7.11 Å². The minimum atomic E-state index is 0.0591. The molecule has 1 aromatic carbocycles. The van der Waals surface area contributed by atoms with Gasteiger partial charge in [0.1, 0.15) is 21.6 Å². The number of amides is 1. The normalized spacial score (nSPS) is 26.3. The molecule has 1 N–H and O–H groups in total. The van der Waals surface area contributed by atoms with Crippen LogP contribution >= 0.6 is 24.0 Å². The number of ether oxygens (including phenoxy) is 1. The Bertz CT molecular complexity index is 1240. The second-order valence-corrected chi connectivity index (χ2v) is 13.1. The van der Waals surface area contributed by atoms with Crippen molar-refractivity contribution in [2.45, 2.75) is 57.4 Å². The quantitative estimate of drug-likeness (QED) is 0.217. The Morgan fingerprint density at radius 3 is 2.79 bits per heavy atom. The van der Waals surface area contributed by atoms with Crippen LogP contribution in [0.2, 0.25) is 0 Å². The topological polar surface area (TPSA) is 58.0 Å². The number of fused-ring (bicyclic) bond motifs is 2. The minimum absolute atomic E-state index is 0.0591. The summed E-state index contributed by atoms with van der Waals surface area (Å²) < 4.78 is 12.6. The number of hydrogen-bond donors (Lipinski definition) is 1. The maximum atomic E-state index is 13.6. The van der Waals surface area contributed by atoms with Gasteiger partial charge in [-0.05, 0) is 80.7 Å². The summed E-state index contributed by atoms with van der Waals surface area (Å²) in [6.45, 7) is 5.66. The first kappa shape index (κ1) is 27.1. The Kier molecular flexibility index (Phi) is 8.44. The van der Waals surface area contributed by atoms with Gasteiger partial charge in [0.2, 0.25) is 0 Å². The van der Waals surface area contributed by atoms with Crippen LogP contribution in [0, 0.1) is 11.8 Å². The number of hydrogen-bond acceptors (Lipinski definition) is 7. The molecule has 2 aliphatic carbocycles. The fourth-order valence-electron chi connectivity index (χ4n) is 6.85. The highest BCUT2D eigenvalue weighted by atomic mass is 32.2. The van der Waals surface area contributed by atoms with Gasteiger partial charge in [-0.2, -0.15) is 0 Å². The Morgan fingerprint density at radius 1 is 1.15 bits per heavy atom. The van der Waals surface area contributed by atoms with Gasteiger partial charge in [0.25, 0.3) is 5.91 Å². The van der Waals surface area contributed by atoms with Crippen LogP contribution in [0.5, 0.6) is 5.75 Å². The lowest BCUT2D eigenvalue weighted by atomic mass is 9.94. The van der Waals surface area contributed by atoms with Gasteiger partial charge in [-0.25, -0.2) is 0 Å². The number of carbonyl (C=O) groups excluding carboxylic acids is 1. The molecule has 3 atom stereocenters. The van der Waals surface area contributed by atoms with Crippen molar-refractivity contribution in [2.75, 3.05) is 39.8 Å². The van der Waals surface area contributed by atoms with E-state index < -0.39 is 0 Å². The molecular weight excluding hydrogens is 526 g/mol. The van der Waals surface area contributed by atoms with Crippen LogP contribution in [0.3, 0.4) is 0 Å². The molecule has 2 bridgehead atoms. The molecule has 8 heteroatoms. The van der Waals surface area contributed by atoms with Crippen LogP contribution in [0.1, 0.15) is 56.3 Å².